The summed E-state index contributed by atoms with van der Waals surface area (Å²) >= 11 is 4.96. The number of rotatable bonds is 3. The third-order valence-corrected chi connectivity index (χ3v) is 5.65. The minimum atomic E-state index is 0.0595. The Labute approximate surface area is 132 Å². The predicted octanol–water partition coefficient (Wildman–Crippen LogP) is 4.96. The number of halogens is 1. The quantitative estimate of drug-likeness (QED) is 0.765. The van der Waals surface area contributed by atoms with Crippen molar-refractivity contribution in [2.75, 3.05) is 7.05 Å². The average molecular weight is 352 g/mol. The summed E-state index contributed by atoms with van der Waals surface area (Å²) in [6.45, 7) is 6.12. The molecule has 0 fully saturated rings. The molecule has 0 aliphatic rings. The molecule has 20 heavy (non-hydrogen) atoms. The number of amides is 1. The smallest absolute Gasteiger partial charge is 0.264 e. The number of aryl methyl sites for hydroxylation is 2. The summed E-state index contributed by atoms with van der Waals surface area (Å²) in [6.07, 6.45) is 0. The lowest BCUT2D eigenvalue weighted by molar-refractivity contribution is 0.0747. The summed E-state index contributed by atoms with van der Waals surface area (Å²) in [4.78, 5) is 15.1. The van der Waals surface area contributed by atoms with Crippen molar-refractivity contribution in [1.82, 2.24) is 4.90 Å². The van der Waals surface area contributed by atoms with E-state index in [0.29, 0.717) is 0 Å². The van der Waals surface area contributed by atoms with Crippen molar-refractivity contribution >= 4 is 33.2 Å². The fourth-order valence-corrected chi connectivity index (χ4v) is 3.50. The summed E-state index contributed by atoms with van der Waals surface area (Å²) < 4.78 is 1.03. The van der Waals surface area contributed by atoms with Gasteiger partial charge in [-0.05, 0) is 53.9 Å². The summed E-state index contributed by atoms with van der Waals surface area (Å²) in [5.41, 5.74) is 3.49. The van der Waals surface area contributed by atoms with Crippen LogP contribution in [-0.4, -0.2) is 17.9 Å². The predicted molar refractivity (Wildman–Crippen MR) is 88.4 cm³/mol. The van der Waals surface area contributed by atoms with E-state index in [1.54, 1.807) is 4.90 Å². The first-order valence-corrected chi connectivity index (χ1v) is 8.10. The molecule has 0 N–H and O–H groups in total. The van der Waals surface area contributed by atoms with Gasteiger partial charge >= 0.3 is 0 Å². The van der Waals surface area contributed by atoms with Crippen molar-refractivity contribution in [2.45, 2.75) is 26.8 Å². The van der Waals surface area contributed by atoms with Gasteiger partial charge in [-0.1, -0.05) is 29.8 Å². The van der Waals surface area contributed by atoms with E-state index in [2.05, 4.69) is 54.0 Å². The van der Waals surface area contributed by atoms with Crippen molar-refractivity contribution in [2.24, 2.45) is 0 Å². The van der Waals surface area contributed by atoms with Crippen LogP contribution in [-0.2, 0) is 0 Å². The molecule has 2 aromatic rings. The third kappa shape index (κ3) is 3.13. The Kier molecular flexibility index (Phi) is 4.66. The molecular formula is C16H18BrNOS. The van der Waals surface area contributed by atoms with Crippen LogP contribution < -0.4 is 0 Å². The molecule has 0 radical (unpaired) electrons. The Morgan fingerprint density at radius 1 is 1.25 bits per heavy atom. The van der Waals surface area contributed by atoms with E-state index in [4.69, 9.17) is 0 Å². The van der Waals surface area contributed by atoms with Gasteiger partial charge in [0.25, 0.3) is 5.91 Å². The van der Waals surface area contributed by atoms with E-state index in [-0.39, 0.29) is 11.9 Å². The maximum atomic E-state index is 12.5. The zero-order valence-corrected chi connectivity index (χ0v) is 14.5. The molecule has 1 unspecified atom stereocenters. The molecule has 1 atom stereocenters. The molecule has 0 aliphatic heterocycles. The van der Waals surface area contributed by atoms with Crippen LogP contribution in [0, 0.1) is 13.8 Å². The Morgan fingerprint density at radius 3 is 2.35 bits per heavy atom. The highest BCUT2D eigenvalue weighted by Gasteiger charge is 2.21. The van der Waals surface area contributed by atoms with Crippen molar-refractivity contribution in [3.05, 3.63) is 55.7 Å². The molecule has 4 heteroatoms. The minimum Gasteiger partial charge on any atom is -0.334 e. The van der Waals surface area contributed by atoms with E-state index < -0.39 is 0 Å². The van der Waals surface area contributed by atoms with Gasteiger partial charge in [-0.2, -0.15) is 0 Å². The molecule has 1 heterocycles. The number of hydrogen-bond donors (Lipinski definition) is 0. The Balaban J connectivity index is 2.19. The van der Waals surface area contributed by atoms with E-state index in [0.717, 1.165) is 19.8 Å². The van der Waals surface area contributed by atoms with Crippen molar-refractivity contribution in [3.63, 3.8) is 0 Å². The molecule has 0 saturated heterocycles. The standard InChI is InChI=1S/C16H18BrNOS/c1-10-5-7-13(8-6-10)12(3)18(4)16(19)14-9-11(2)15(17)20-14/h5-9,12H,1-4H3. The van der Waals surface area contributed by atoms with Gasteiger partial charge < -0.3 is 4.90 Å². The Bertz CT molecular complexity index is 598. The zero-order valence-electron chi connectivity index (χ0n) is 12.1. The molecule has 0 aliphatic carbocycles. The van der Waals surface area contributed by atoms with Crippen LogP contribution in [0.1, 0.15) is 39.3 Å². The highest BCUT2D eigenvalue weighted by molar-refractivity contribution is 9.11. The third-order valence-electron chi connectivity index (χ3n) is 3.53. The van der Waals surface area contributed by atoms with Crippen LogP contribution in [0.25, 0.3) is 0 Å². The minimum absolute atomic E-state index is 0.0595. The zero-order chi connectivity index (χ0) is 14.9. The number of hydrogen-bond acceptors (Lipinski definition) is 2. The molecule has 0 bridgehead atoms. The van der Waals surface area contributed by atoms with Crippen LogP contribution >= 0.6 is 27.3 Å². The van der Waals surface area contributed by atoms with E-state index >= 15 is 0 Å². The first-order chi connectivity index (χ1) is 9.40. The van der Waals surface area contributed by atoms with Crippen molar-refractivity contribution < 1.29 is 4.79 Å². The first-order valence-electron chi connectivity index (χ1n) is 6.50. The lowest BCUT2D eigenvalue weighted by Crippen LogP contribution is -2.29. The van der Waals surface area contributed by atoms with Gasteiger partial charge in [0.05, 0.1) is 14.7 Å². The van der Waals surface area contributed by atoms with Gasteiger partial charge in [-0.15, -0.1) is 11.3 Å². The number of carbonyl (C=O) groups is 1. The summed E-state index contributed by atoms with van der Waals surface area (Å²) in [5, 5.41) is 0. The van der Waals surface area contributed by atoms with E-state index in [1.165, 1.54) is 16.9 Å². The van der Waals surface area contributed by atoms with Gasteiger partial charge in [0.1, 0.15) is 0 Å². The molecule has 2 rings (SSSR count). The van der Waals surface area contributed by atoms with E-state index in [1.807, 2.05) is 20.0 Å². The maximum Gasteiger partial charge on any atom is 0.264 e. The number of thiophene rings is 1. The largest absolute Gasteiger partial charge is 0.334 e. The van der Waals surface area contributed by atoms with Crippen LogP contribution in [0.3, 0.4) is 0 Å². The maximum absolute atomic E-state index is 12.5. The molecule has 2 nitrogen and oxygen atoms in total. The van der Waals surface area contributed by atoms with Crippen LogP contribution in [0.2, 0.25) is 0 Å². The lowest BCUT2D eigenvalue weighted by atomic mass is 10.1. The summed E-state index contributed by atoms with van der Waals surface area (Å²) in [5.74, 6) is 0.0666. The Hall–Kier alpha value is -1.13. The van der Waals surface area contributed by atoms with E-state index in [9.17, 15) is 4.79 Å². The molecule has 106 valence electrons. The topological polar surface area (TPSA) is 20.3 Å². The second-order valence-corrected chi connectivity index (χ2v) is 7.44. The molecular weight excluding hydrogens is 334 g/mol. The van der Waals surface area contributed by atoms with Crippen LogP contribution in [0.15, 0.2) is 34.1 Å². The fourth-order valence-electron chi connectivity index (χ4n) is 1.98. The van der Waals surface area contributed by atoms with Gasteiger partial charge in [0, 0.05) is 7.05 Å². The highest BCUT2D eigenvalue weighted by Crippen LogP contribution is 2.30. The van der Waals surface area contributed by atoms with Crippen molar-refractivity contribution in [3.8, 4) is 0 Å². The average Bonchev–Trinajstić information content (AvgIpc) is 2.77. The second kappa shape index (κ2) is 6.10. The Morgan fingerprint density at radius 2 is 1.85 bits per heavy atom. The van der Waals surface area contributed by atoms with Gasteiger partial charge in [0.2, 0.25) is 0 Å². The van der Waals surface area contributed by atoms with Gasteiger partial charge in [0.15, 0.2) is 0 Å². The first kappa shape index (κ1) is 15.3. The second-order valence-electron chi connectivity index (χ2n) is 5.07. The fraction of sp³-hybridized carbons (Fsp3) is 0.312. The van der Waals surface area contributed by atoms with Crippen LogP contribution in [0.5, 0.6) is 0 Å². The van der Waals surface area contributed by atoms with Crippen molar-refractivity contribution in [1.29, 1.82) is 0 Å². The SMILES string of the molecule is Cc1ccc(C(C)N(C)C(=O)c2cc(C)c(Br)s2)cc1. The number of nitrogens with zero attached hydrogens (tertiary/aromatic N) is 1. The molecule has 1 aromatic heterocycles. The normalized spacial score (nSPS) is 12.2. The van der Waals surface area contributed by atoms with Crippen LogP contribution in [0.4, 0.5) is 0 Å². The summed E-state index contributed by atoms with van der Waals surface area (Å²) in [6, 6.07) is 10.3. The summed E-state index contributed by atoms with van der Waals surface area (Å²) in [7, 11) is 1.86. The molecule has 1 amide bonds. The van der Waals surface area contributed by atoms with Gasteiger partial charge in [-0.25, -0.2) is 0 Å². The van der Waals surface area contributed by atoms with Gasteiger partial charge in [-0.3, -0.25) is 4.79 Å². The molecule has 0 saturated carbocycles. The highest BCUT2D eigenvalue weighted by atomic mass is 79.9. The number of benzene rings is 1. The monoisotopic (exact) mass is 351 g/mol. The molecule has 0 spiro atoms. The molecule has 1 aromatic carbocycles. The lowest BCUT2D eigenvalue weighted by Gasteiger charge is -2.25. The number of carbonyl (C=O) groups excluding carboxylic acids is 1.